The normalized spacial score (nSPS) is 10.2. The van der Waals surface area contributed by atoms with E-state index in [1.807, 2.05) is 37.3 Å². The Morgan fingerprint density at radius 1 is 1.37 bits per heavy atom. The van der Waals surface area contributed by atoms with Crippen molar-refractivity contribution in [3.05, 3.63) is 45.2 Å². The summed E-state index contributed by atoms with van der Waals surface area (Å²) in [5.41, 5.74) is 0.946. The quantitative estimate of drug-likeness (QED) is 0.778. The number of ether oxygens (including phenoxy) is 2. The van der Waals surface area contributed by atoms with Crippen LogP contribution in [-0.2, 0) is 11.3 Å². The van der Waals surface area contributed by atoms with Gasteiger partial charge in [0.2, 0.25) is 5.88 Å². The minimum atomic E-state index is -0.404. The Kier molecular flexibility index (Phi) is 4.93. The number of carbonyl (C=O) groups is 1. The molecule has 100 valence electrons. The molecule has 0 saturated carbocycles. The first kappa shape index (κ1) is 14.0. The van der Waals surface area contributed by atoms with Crippen LogP contribution in [0.5, 0.6) is 5.88 Å². The lowest BCUT2D eigenvalue weighted by Crippen LogP contribution is -2.04. The van der Waals surface area contributed by atoms with Crippen molar-refractivity contribution in [1.29, 1.82) is 0 Å². The molecule has 0 radical (unpaired) electrons. The predicted octanol–water partition coefficient (Wildman–Crippen LogP) is 3.66. The molecule has 1 aromatic carbocycles. The highest BCUT2D eigenvalue weighted by Crippen LogP contribution is 2.31. The topological polar surface area (TPSA) is 48.4 Å². The molecule has 2 aromatic rings. The van der Waals surface area contributed by atoms with E-state index in [1.54, 1.807) is 0 Å². The summed E-state index contributed by atoms with van der Waals surface area (Å²) < 4.78 is 15.1. The van der Waals surface area contributed by atoms with E-state index in [-0.39, 0.29) is 6.61 Å². The summed E-state index contributed by atoms with van der Waals surface area (Å²) in [5, 5.41) is 0. The molecule has 0 bridgehead atoms. The molecular weight excluding hydrogens is 330 g/mol. The van der Waals surface area contributed by atoms with Gasteiger partial charge < -0.3 is 9.47 Å². The van der Waals surface area contributed by atoms with Gasteiger partial charge in [0.05, 0.1) is 6.61 Å². The van der Waals surface area contributed by atoms with Gasteiger partial charge in [-0.05, 0) is 39.9 Å². The molecule has 4 nitrogen and oxygen atoms in total. The average Bonchev–Trinajstić information content (AvgIpc) is 2.79. The number of rotatable bonds is 5. The number of benzene rings is 1. The van der Waals surface area contributed by atoms with Gasteiger partial charge in [0, 0.05) is 0 Å². The van der Waals surface area contributed by atoms with Gasteiger partial charge in [-0.2, -0.15) is 4.37 Å². The van der Waals surface area contributed by atoms with Crippen LogP contribution in [0.2, 0.25) is 0 Å². The number of nitrogens with zero attached hydrogens (tertiary/aromatic N) is 1. The van der Waals surface area contributed by atoms with Crippen molar-refractivity contribution in [3.63, 3.8) is 0 Å². The highest BCUT2D eigenvalue weighted by molar-refractivity contribution is 9.10. The summed E-state index contributed by atoms with van der Waals surface area (Å²) in [6.45, 7) is 2.61. The molecular formula is C13H12BrNO3S. The third-order valence-electron chi connectivity index (χ3n) is 2.29. The third-order valence-corrected chi connectivity index (χ3v) is 4.09. The fourth-order valence-electron chi connectivity index (χ4n) is 1.41. The van der Waals surface area contributed by atoms with Crippen molar-refractivity contribution < 1.29 is 14.3 Å². The summed E-state index contributed by atoms with van der Waals surface area (Å²) in [7, 11) is 0. The molecule has 0 fully saturated rings. The van der Waals surface area contributed by atoms with Gasteiger partial charge >= 0.3 is 5.97 Å². The van der Waals surface area contributed by atoms with Gasteiger partial charge in [0.15, 0.2) is 4.88 Å². The van der Waals surface area contributed by atoms with E-state index in [2.05, 4.69) is 20.3 Å². The maximum atomic E-state index is 11.9. The molecule has 6 heteroatoms. The van der Waals surface area contributed by atoms with Gasteiger partial charge in [0.1, 0.15) is 11.1 Å². The summed E-state index contributed by atoms with van der Waals surface area (Å²) >= 11 is 4.36. The second-order valence-corrected chi connectivity index (χ2v) is 5.19. The van der Waals surface area contributed by atoms with E-state index < -0.39 is 5.97 Å². The Morgan fingerprint density at radius 2 is 2.11 bits per heavy atom. The summed E-state index contributed by atoms with van der Waals surface area (Å²) in [6.07, 6.45) is 0. The fourth-order valence-corrected chi connectivity index (χ4v) is 2.72. The summed E-state index contributed by atoms with van der Waals surface area (Å²) in [6, 6.07) is 9.53. The van der Waals surface area contributed by atoms with Crippen molar-refractivity contribution in [3.8, 4) is 5.88 Å². The van der Waals surface area contributed by atoms with E-state index in [0.29, 0.717) is 21.8 Å². The third kappa shape index (κ3) is 3.54. The van der Waals surface area contributed by atoms with Gasteiger partial charge in [-0.25, -0.2) is 4.79 Å². The van der Waals surface area contributed by atoms with Crippen LogP contribution in [0.25, 0.3) is 0 Å². The molecule has 0 N–H and O–H groups in total. The number of hydrogen-bond acceptors (Lipinski definition) is 5. The largest absolute Gasteiger partial charge is 0.477 e. The number of esters is 1. The zero-order chi connectivity index (χ0) is 13.7. The van der Waals surface area contributed by atoms with Crippen molar-refractivity contribution in [2.75, 3.05) is 6.61 Å². The van der Waals surface area contributed by atoms with Crippen molar-refractivity contribution >= 4 is 33.4 Å². The second kappa shape index (κ2) is 6.68. The molecule has 0 saturated heterocycles. The van der Waals surface area contributed by atoms with Crippen LogP contribution in [0, 0.1) is 0 Å². The highest BCUT2D eigenvalue weighted by atomic mass is 79.9. The van der Waals surface area contributed by atoms with Crippen LogP contribution < -0.4 is 4.74 Å². The molecule has 1 heterocycles. The first-order valence-electron chi connectivity index (χ1n) is 5.71. The zero-order valence-corrected chi connectivity index (χ0v) is 12.7. The van der Waals surface area contributed by atoms with Gasteiger partial charge in [0.25, 0.3) is 0 Å². The number of carbonyl (C=O) groups excluding carboxylic acids is 1. The summed E-state index contributed by atoms with van der Waals surface area (Å²) in [5.74, 6) is 0.0262. The first-order valence-corrected chi connectivity index (χ1v) is 7.28. The Morgan fingerprint density at radius 3 is 2.79 bits per heavy atom. The maximum absolute atomic E-state index is 11.9. The minimum Gasteiger partial charge on any atom is -0.477 e. The number of halogens is 1. The molecule has 1 aromatic heterocycles. The van der Waals surface area contributed by atoms with E-state index in [1.165, 1.54) is 0 Å². The molecule has 0 unspecified atom stereocenters. The second-order valence-electron chi connectivity index (χ2n) is 3.63. The fraction of sp³-hybridized carbons (Fsp3) is 0.231. The molecule has 0 aliphatic heterocycles. The van der Waals surface area contributed by atoms with Crippen LogP contribution in [0.15, 0.2) is 34.8 Å². The van der Waals surface area contributed by atoms with Crippen LogP contribution in [0.3, 0.4) is 0 Å². The van der Waals surface area contributed by atoms with Crippen LogP contribution in [-0.4, -0.2) is 16.9 Å². The van der Waals surface area contributed by atoms with E-state index in [0.717, 1.165) is 17.1 Å². The molecule has 0 aliphatic rings. The van der Waals surface area contributed by atoms with Gasteiger partial charge in [-0.3, -0.25) is 0 Å². The van der Waals surface area contributed by atoms with Crippen molar-refractivity contribution in [1.82, 2.24) is 4.37 Å². The molecule has 0 atom stereocenters. The lowest BCUT2D eigenvalue weighted by molar-refractivity contribution is 0.0477. The smallest absolute Gasteiger partial charge is 0.351 e. The van der Waals surface area contributed by atoms with Crippen LogP contribution in [0.1, 0.15) is 22.2 Å². The SMILES string of the molecule is CCOc1nsc(C(=O)OCc2ccccc2)c1Br. The number of aromatic nitrogens is 1. The van der Waals surface area contributed by atoms with Crippen LogP contribution >= 0.6 is 27.5 Å². The van der Waals surface area contributed by atoms with Gasteiger partial charge in [-0.15, -0.1) is 0 Å². The van der Waals surface area contributed by atoms with Gasteiger partial charge in [-0.1, -0.05) is 30.3 Å². The van der Waals surface area contributed by atoms with Crippen molar-refractivity contribution in [2.45, 2.75) is 13.5 Å². The highest BCUT2D eigenvalue weighted by Gasteiger charge is 2.20. The van der Waals surface area contributed by atoms with E-state index in [9.17, 15) is 4.79 Å². The van der Waals surface area contributed by atoms with E-state index in [4.69, 9.17) is 9.47 Å². The predicted molar refractivity (Wildman–Crippen MR) is 76.5 cm³/mol. The molecule has 0 amide bonds. The molecule has 0 spiro atoms. The first-order chi connectivity index (χ1) is 9.22. The lowest BCUT2D eigenvalue weighted by atomic mass is 10.2. The Hall–Kier alpha value is -1.40. The maximum Gasteiger partial charge on any atom is 0.351 e. The molecule has 19 heavy (non-hydrogen) atoms. The van der Waals surface area contributed by atoms with Crippen LogP contribution in [0.4, 0.5) is 0 Å². The monoisotopic (exact) mass is 341 g/mol. The van der Waals surface area contributed by atoms with E-state index >= 15 is 0 Å². The molecule has 2 rings (SSSR count). The molecule has 0 aliphatic carbocycles. The Bertz CT molecular complexity index is 556. The van der Waals surface area contributed by atoms with Crippen molar-refractivity contribution in [2.24, 2.45) is 0 Å². The summed E-state index contributed by atoms with van der Waals surface area (Å²) in [4.78, 5) is 12.3. The zero-order valence-electron chi connectivity index (χ0n) is 10.3. The standard InChI is InChI=1S/C13H12BrNO3S/c1-2-17-12-10(14)11(19-15-12)13(16)18-8-9-6-4-3-5-7-9/h3-7H,2,8H2,1H3. The lowest BCUT2D eigenvalue weighted by Gasteiger charge is -2.03. The number of hydrogen-bond donors (Lipinski definition) is 0. The Labute approximate surface area is 123 Å². The Balaban J connectivity index is 2.00. The average molecular weight is 342 g/mol. The minimum absolute atomic E-state index is 0.244.